The minimum absolute atomic E-state index is 0.0460. The van der Waals surface area contributed by atoms with Gasteiger partial charge in [0.25, 0.3) is 0 Å². The minimum Gasteiger partial charge on any atom is -0.326 e. The van der Waals surface area contributed by atoms with Gasteiger partial charge in [0, 0.05) is 40.7 Å². The molecule has 1 amide bonds. The molecule has 0 fully saturated rings. The van der Waals surface area contributed by atoms with Crippen molar-refractivity contribution >= 4 is 51.6 Å². The fraction of sp³-hybridized carbons (Fsp3) is 0.267. The Morgan fingerprint density at radius 1 is 1.35 bits per heavy atom. The molecule has 0 spiro atoms. The Balaban J connectivity index is 2.08. The van der Waals surface area contributed by atoms with Crippen LogP contribution in [0.1, 0.15) is 13.3 Å². The molecule has 1 N–H and O–H groups in total. The number of rotatable bonds is 4. The van der Waals surface area contributed by atoms with Crippen molar-refractivity contribution in [2.45, 2.75) is 18.2 Å². The van der Waals surface area contributed by atoms with E-state index in [4.69, 9.17) is 11.6 Å². The Hall–Kier alpha value is -1.39. The predicted molar refractivity (Wildman–Crippen MR) is 86.8 cm³/mol. The van der Waals surface area contributed by atoms with Crippen LogP contribution in [-0.2, 0) is 4.79 Å². The van der Waals surface area contributed by atoms with Gasteiger partial charge in [-0.1, -0.05) is 12.1 Å². The van der Waals surface area contributed by atoms with Gasteiger partial charge >= 0.3 is 0 Å². The molecule has 0 unspecified atom stereocenters. The lowest BCUT2D eigenvalue weighted by atomic mass is 10.1. The van der Waals surface area contributed by atoms with Crippen LogP contribution in [0.4, 0.5) is 11.4 Å². The first-order valence-electron chi connectivity index (χ1n) is 6.55. The molecule has 0 atom stereocenters. The fourth-order valence-electron chi connectivity index (χ4n) is 2.48. The van der Waals surface area contributed by atoms with Crippen LogP contribution >= 0.6 is 23.5 Å². The number of alkyl halides is 1. The molecule has 0 saturated carbocycles. The summed E-state index contributed by atoms with van der Waals surface area (Å²) in [6.07, 6.45) is 0.956. The Kier molecular flexibility index (Phi) is 3.76. The van der Waals surface area contributed by atoms with Crippen LogP contribution in [0.5, 0.6) is 0 Å². The van der Waals surface area contributed by atoms with E-state index in [0.717, 1.165) is 24.0 Å². The number of carbonyl (C=O) groups is 1. The number of anilines is 2. The number of hydrogen-bond donors (Lipinski definition) is 1. The zero-order chi connectivity index (χ0) is 14.1. The Bertz CT molecular complexity index is 674. The molecule has 0 bridgehead atoms. The highest BCUT2D eigenvalue weighted by Gasteiger charge is 2.23. The van der Waals surface area contributed by atoms with E-state index in [-0.39, 0.29) is 5.91 Å². The van der Waals surface area contributed by atoms with E-state index in [0.29, 0.717) is 5.88 Å². The second-order valence-electron chi connectivity index (χ2n) is 4.73. The normalized spacial score (nSPS) is 13.0. The molecule has 0 saturated heterocycles. The van der Waals surface area contributed by atoms with Gasteiger partial charge in [0.2, 0.25) is 5.91 Å². The maximum Gasteiger partial charge on any atom is 0.221 e. The molecular weight excluding hydrogens is 292 g/mol. The molecule has 3 rings (SSSR count). The van der Waals surface area contributed by atoms with Gasteiger partial charge in [-0.2, -0.15) is 0 Å². The summed E-state index contributed by atoms with van der Waals surface area (Å²) in [5, 5.41) is 5.21. The first-order valence-corrected chi connectivity index (χ1v) is 7.86. The Morgan fingerprint density at radius 2 is 2.20 bits per heavy atom. The van der Waals surface area contributed by atoms with Crippen LogP contribution in [0.15, 0.2) is 35.2 Å². The van der Waals surface area contributed by atoms with E-state index in [2.05, 4.69) is 27.8 Å². The zero-order valence-corrected chi connectivity index (χ0v) is 12.7. The van der Waals surface area contributed by atoms with E-state index < -0.39 is 0 Å². The monoisotopic (exact) mass is 306 g/mol. The lowest BCUT2D eigenvalue weighted by Gasteiger charge is -2.17. The van der Waals surface area contributed by atoms with Crippen LogP contribution in [0, 0.1) is 0 Å². The third-order valence-corrected chi connectivity index (χ3v) is 4.67. The van der Waals surface area contributed by atoms with Crippen molar-refractivity contribution in [3.8, 4) is 0 Å². The number of nitrogens with zero attached hydrogens (tertiary/aromatic N) is 1. The first kappa shape index (κ1) is 13.6. The molecule has 2 aromatic carbocycles. The molecule has 0 aromatic heterocycles. The van der Waals surface area contributed by atoms with E-state index >= 15 is 0 Å². The van der Waals surface area contributed by atoms with Gasteiger partial charge < -0.3 is 9.62 Å². The summed E-state index contributed by atoms with van der Waals surface area (Å²) in [5.74, 6) is 0.621. The van der Waals surface area contributed by atoms with Crippen LogP contribution in [-0.4, -0.2) is 18.3 Å². The maximum atomic E-state index is 11.3. The van der Waals surface area contributed by atoms with Gasteiger partial charge in [-0.3, -0.25) is 4.79 Å². The molecular formula is C15H15ClN2OS. The number of nitrogens with one attached hydrogen (secondary N) is 1. The highest BCUT2D eigenvalue weighted by molar-refractivity contribution is 8.01. The largest absolute Gasteiger partial charge is 0.326 e. The third kappa shape index (κ3) is 2.34. The molecule has 0 aliphatic carbocycles. The smallest absolute Gasteiger partial charge is 0.221 e. The highest BCUT2D eigenvalue weighted by Crippen LogP contribution is 2.47. The van der Waals surface area contributed by atoms with E-state index in [1.54, 1.807) is 11.9 Å². The zero-order valence-electron chi connectivity index (χ0n) is 11.1. The number of hydrogen-bond acceptors (Lipinski definition) is 3. The predicted octanol–water partition coefficient (Wildman–Crippen LogP) is 4.25. The maximum absolute atomic E-state index is 11.3. The summed E-state index contributed by atoms with van der Waals surface area (Å²) < 4.78 is 2.28. The average molecular weight is 307 g/mol. The molecule has 1 aliphatic rings. The molecule has 3 nitrogen and oxygen atoms in total. The van der Waals surface area contributed by atoms with Crippen molar-refractivity contribution in [2.24, 2.45) is 0 Å². The number of amides is 1. The standard InChI is InChI=1S/C15H15ClN2OS/c1-10(19)17-12-6-7-13-15-11(12)4-2-5-14(15)20-18(13)9-3-8-16/h2,4-7H,3,8-9H2,1H3,(H,17,19). The topological polar surface area (TPSA) is 32.3 Å². The second-order valence-corrected chi connectivity index (χ2v) is 6.17. The fourth-order valence-corrected chi connectivity index (χ4v) is 3.75. The third-order valence-electron chi connectivity index (χ3n) is 3.26. The van der Waals surface area contributed by atoms with Gasteiger partial charge in [-0.05, 0) is 36.6 Å². The van der Waals surface area contributed by atoms with Crippen LogP contribution in [0.3, 0.4) is 0 Å². The summed E-state index contributed by atoms with van der Waals surface area (Å²) in [5.41, 5.74) is 2.08. The highest BCUT2D eigenvalue weighted by atomic mass is 35.5. The van der Waals surface area contributed by atoms with E-state index in [1.165, 1.54) is 22.9 Å². The number of benzene rings is 2. The van der Waals surface area contributed by atoms with Crippen molar-refractivity contribution in [1.82, 2.24) is 0 Å². The lowest BCUT2D eigenvalue weighted by Crippen LogP contribution is -2.13. The summed E-state index contributed by atoms with van der Waals surface area (Å²) in [6.45, 7) is 2.46. The van der Waals surface area contributed by atoms with Crippen molar-refractivity contribution in [3.05, 3.63) is 30.3 Å². The second kappa shape index (κ2) is 5.54. The quantitative estimate of drug-likeness (QED) is 0.677. The van der Waals surface area contributed by atoms with Crippen LogP contribution < -0.4 is 9.62 Å². The summed E-state index contributed by atoms with van der Waals surface area (Å²) in [7, 11) is 0. The average Bonchev–Trinajstić information content (AvgIpc) is 2.79. The lowest BCUT2D eigenvalue weighted by molar-refractivity contribution is -0.114. The molecule has 0 radical (unpaired) electrons. The number of halogens is 1. The van der Waals surface area contributed by atoms with Crippen LogP contribution in [0.25, 0.3) is 10.8 Å². The summed E-state index contributed by atoms with van der Waals surface area (Å²) >= 11 is 7.54. The molecule has 104 valence electrons. The van der Waals surface area contributed by atoms with Gasteiger partial charge in [-0.15, -0.1) is 11.6 Å². The number of carbonyl (C=O) groups excluding carboxylic acids is 1. The van der Waals surface area contributed by atoms with Crippen LogP contribution in [0.2, 0.25) is 0 Å². The van der Waals surface area contributed by atoms with Crippen molar-refractivity contribution in [2.75, 3.05) is 22.0 Å². The molecule has 2 aromatic rings. The SMILES string of the molecule is CC(=O)Nc1ccc2c3c(cccc13)SN2CCCCl. The summed E-state index contributed by atoms with van der Waals surface area (Å²) in [4.78, 5) is 12.5. The molecule has 1 aliphatic heterocycles. The van der Waals surface area contributed by atoms with Crippen molar-refractivity contribution in [1.29, 1.82) is 0 Å². The van der Waals surface area contributed by atoms with Crippen molar-refractivity contribution in [3.63, 3.8) is 0 Å². The molecule has 1 heterocycles. The first-order chi connectivity index (χ1) is 9.70. The van der Waals surface area contributed by atoms with E-state index in [1.807, 2.05) is 12.1 Å². The van der Waals surface area contributed by atoms with Gasteiger partial charge in [0.1, 0.15) is 0 Å². The Labute approximate surface area is 127 Å². The Morgan fingerprint density at radius 3 is 2.95 bits per heavy atom. The summed E-state index contributed by atoms with van der Waals surface area (Å²) in [6, 6.07) is 10.3. The minimum atomic E-state index is -0.0460. The molecule has 5 heteroatoms. The van der Waals surface area contributed by atoms with Gasteiger partial charge in [0.15, 0.2) is 0 Å². The van der Waals surface area contributed by atoms with E-state index in [9.17, 15) is 4.79 Å². The van der Waals surface area contributed by atoms with Crippen molar-refractivity contribution < 1.29 is 4.79 Å². The van der Waals surface area contributed by atoms with Gasteiger partial charge in [-0.25, -0.2) is 0 Å². The molecule has 20 heavy (non-hydrogen) atoms. The van der Waals surface area contributed by atoms with Gasteiger partial charge in [0.05, 0.1) is 5.69 Å².